The molecule has 0 unspecified atom stereocenters. The summed E-state index contributed by atoms with van der Waals surface area (Å²) >= 11 is 0. The van der Waals surface area contributed by atoms with Crippen molar-refractivity contribution in [2.75, 3.05) is 13.2 Å². The first kappa shape index (κ1) is 18.1. The van der Waals surface area contributed by atoms with Crippen LogP contribution in [0.3, 0.4) is 0 Å². The quantitative estimate of drug-likeness (QED) is 0.414. The molecule has 0 amide bonds. The summed E-state index contributed by atoms with van der Waals surface area (Å²) in [6.07, 6.45) is 10.5. The third-order valence-corrected chi connectivity index (χ3v) is 3.79. The van der Waals surface area contributed by atoms with Gasteiger partial charge in [0.25, 0.3) is 0 Å². The lowest BCUT2D eigenvalue weighted by molar-refractivity contribution is -0.391. The van der Waals surface area contributed by atoms with Gasteiger partial charge in [0.05, 0.1) is 7.05 Å². The van der Waals surface area contributed by atoms with Gasteiger partial charge in [-0.25, -0.2) is 9.55 Å². The highest BCUT2D eigenvalue weighted by Gasteiger charge is 2.17. The van der Waals surface area contributed by atoms with Gasteiger partial charge in [-0.3, -0.25) is 0 Å². The van der Waals surface area contributed by atoms with E-state index in [9.17, 15) is 10.1 Å². The molecule has 0 N–H and O–H groups in total. The normalized spacial score (nSPS) is 15.0. The zero-order chi connectivity index (χ0) is 17.5. The van der Waals surface area contributed by atoms with Crippen molar-refractivity contribution < 1.29 is 14.4 Å². The Labute approximate surface area is 141 Å². The van der Waals surface area contributed by atoms with E-state index in [4.69, 9.17) is 9.47 Å². The fourth-order valence-electron chi connectivity index (χ4n) is 2.49. The second-order valence-electron chi connectivity index (χ2n) is 5.35. The molecule has 0 bridgehead atoms. The van der Waals surface area contributed by atoms with E-state index in [0.29, 0.717) is 19.0 Å². The summed E-state index contributed by atoms with van der Waals surface area (Å²) in [5.41, 5.74) is 2.26. The minimum absolute atomic E-state index is 0.0225. The Kier molecular flexibility index (Phi) is 6.45. The van der Waals surface area contributed by atoms with Crippen molar-refractivity contribution in [2.24, 2.45) is 7.05 Å². The Bertz CT molecular complexity index is 667. The van der Waals surface area contributed by atoms with E-state index in [0.717, 1.165) is 24.0 Å². The molecule has 7 nitrogen and oxygen atoms in total. The zero-order valence-electron chi connectivity index (χ0n) is 14.3. The predicted octanol–water partition coefficient (Wildman–Crippen LogP) is 3.39. The maximum atomic E-state index is 10.8. The maximum Gasteiger partial charge on any atom is 0.342 e. The van der Waals surface area contributed by atoms with Crippen molar-refractivity contribution in [3.8, 4) is 0 Å². The maximum absolute atomic E-state index is 10.8. The number of hydrogen-bond donors (Lipinski definition) is 0. The van der Waals surface area contributed by atoms with Crippen LogP contribution in [-0.4, -0.2) is 34.0 Å². The van der Waals surface area contributed by atoms with Crippen LogP contribution in [0.25, 0.3) is 6.08 Å². The fraction of sp³-hybridized carbons (Fsp3) is 0.471. The molecule has 24 heavy (non-hydrogen) atoms. The van der Waals surface area contributed by atoms with Crippen LogP contribution in [0.4, 0.5) is 5.82 Å². The monoisotopic (exact) mass is 333 g/mol. The van der Waals surface area contributed by atoms with E-state index in [2.05, 4.69) is 4.98 Å². The molecule has 0 spiro atoms. The van der Waals surface area contributed by atoms with Crippen LogP contribution in [0.5, 0.6) is 0 Å². The molecule has 1 aliphatic carbocycles. The van der Waals surface area contributed by atoms with Crippen molar-refractivity contribution in [1.82, 2.24) is 9.55 Å². The molecule has 0 saturated heterocycles. The highest BCUT2D eigenvalue weighted by Crippen LogP contribution is 2.24. The van der Waals surface area contributed by atoms with E-state index >= 15 is 0 Å². The lowest BCUT2D eigenvalue weighted by atomic mass is 9.97. The predicted molar refractivity (Wildman–Crippen MR) is 91.3 cm³/mol. The van der Waals surface area contributed by atoms with Crippen LogP contribution < -0.4 is 0 Å². The van der Waals surface area contributed by atoms with Crippen LogP contribution >= 0.6 is 0 Å². The lowest BCUT2D eigenvalue weighted by Gasteiger charge is -2.22. The number of ether oxygens (including phenoxy) is 2. The molecule has 1 aromatic rings. The molecular formula is C17H23N3O4. The Hall–Kier alpha value is -2.25. The smallest absolute Gasteiger partial charge is 0.342 e. The number of allylic oxidation sites excluding steroid dienone is 4. The minimum atomic E-state index is -0.444. The molecule has 1 aromatic heterocycles. The van der Waals surface area contributed by atoms with Gasteiger partial charge in [-0.1, -0.05) is 18.2 Å². The third-order valence-electron chi connectivity index (χ3n) is 3.79. The molecule has 130 valence electrons. The molecule has 0 fully saturated rings. The number of aromatic nitrogens is 2. The van der Waals surface area contributed by atoms with Crippen molar-refractivity contribution in [3.05, 3.63) is 51.5 Å². The number of rotatable bonds is 8. The average Bonchev–Trinajstić information content (AvgIpc) is 2.94. The lowest BCUT2D eigenvalue weighted by Crippen LogP contribution is -2.21. The SMILES string of the molecule is CCOC(OCC)C1=CC=C(/C=C/c2ncc([N+](=O)[O-])n2C)CC1. The highest BCUT2D eigenvalue weighted by molar-refractivity contribution is 5.49. The topological polar surface area (TPSA) is 79.4 Å². The molecule has 7 heteroatoms. The first-order valence-corrected chi connectivity index (χ1v) is 8.03. The first-order valence-electron chi connectivity index (χ1n) is 8.03. The molecule has 1 aliphatic rings. The van der Waals surface area contributed by atoms with Gasteiger partial charge >= 0.3 is 5.82 Å². The molecule has 0 radical (unpaired) electrons. The number of nitro groups is 1. The van der Waals surface area contributed by atoms with Crippen LogP contribution in [0, 0.1) is 10.1 Å². The molecule has 0 atom stereocenters. The second-order valence-corrected chi connectivity index (χ2v) is 5.35. The van der Waals surface area contributed by atoms with E-state index in [1.165, 1.54) is 10.8 Å². The second kappa shape index (κ2) is 8.56. The third kappa shape index (κ3) is 4.39. The fourth-order valence-corrected chi connectivity index (χ4v) is 2.49. The van der Waals surface area contributed by atoms with Crippen molar-refractivity contribution in [1.29, 1.82) is 0 Å². The largest absolute Gasteiger partial charge is 0.358 e. The van der Waals surface area contributed by atoms with Crippen LogP contribution in [0.1, 0.15) is 32.5 Å². The molecule has 2 rings (SSSR count). The van der Waals surface area contributed by atoms with Gasteiger partial charge in [-0.15, -0.1) is 0 Å². The van der Waals surface area contributed by atoms with E-state index in [1.807, 2.05) is 32.1 Å². The molecule has 0 aliphatic heterocycles. The molecule has 1 heterocycles. The van der Waals surface area contributed by atoms with Crippen molar-refractivity contribution in [3.63, 3.8) is 0 Å². The van der Waals surface area contributed by atoms with Gasteiger partial charge in [-0.05, 0) is 42.8 Å². The average molecular weight is 333 g/mol. The Balaban J connectivity index is 2.08. The summed E-state index contributed by atoms with van der Waals surface area (Å²) < 4.78 is 12.7. The van der Waals surface area contributed by atoms with E-state index < -0.39 is 4.92 Å². The molecular weight excluding hydrogens is 310 g/mol. The van der Waals surface area contributed by atoms with Crippen molar-refractivity contribution >= 4 is 11.9 Å². The summed E-state index contributed by atoms with van der Waals surface area (Å²) in [5.74, 6) is 0.532. The first-order chi connectivity index (χ1) is 11.6. The standard InChI is InChI=1S/C17H23N3O4/c1-4-23-17(24-5-2)14-9-6-13(7-10-14)8-11-15-18-12-16(19(15)3)20(21)22/h6,8-9,11-12,17H,4-5,7,10H2,1-3H3/b11-8+. The van der Waals surface area contributed by atoms with Gasteiger partial charge in [0.15, 0.2) is 6.29 Å². The van der Waals surface area contributed by atoms with Crippen molar-refractivity contribution in [2.45, 2.75) is 33.0 Å². The van der Waals surface area contributed by atoms with Gasteiger partial charge in [0, 0.05) is 19.3 Å². The summed E-state index contributed by atoms with van der Waals surface area (Å²) in [5, 5.41) is 10.8. The molecule has 0 saturated carbocycles. The Morgan fingerprint density at radius 1 is 1.29 bits per heavy atom. The highest BCUT2D eigenvalue weighted by atomic mass is 16.7. The van der Waals surface area contributed by atoms with Gasteiger partial charge < -0.3 is 19.6 Å². The number of imidazole rings is 1. The summed E-state index contributed by atoms with van der Waals surface area (Å²) in [4.78, 5) is 14.4. The van der Waals surface area contributed by atoms with E-state index in [1.54, 1.807) is 13.1 Å². The number of nitrogens with zero attached hydrogens (tertiary/aromatic N) is 3. The van der Waals surface area contributed by atoms with Gasteiger partial charge in [0.1, 0.15) is 6.20 Å². The minimum Gasteiger partial charge on any atom is -0.358 e. The summed E-state index contributed by atoms with van der Waals surface area (Å²) in [6, 6.07) is 0. The van der Waals surface area contributed by atoms with Gasteiger partial charge in [-0.2, -0.15) is 0 Å². The number of hydrogen-bond acceptors (Lipinski definition) is 5. The Morgan fingerprint density at radius 3 is 2.50 bits per heavy atom. The van der Waals surface area contributed by atoms with Gasteiger partial charge in [0.2, 0.25) is 5.82 Å². The van der Waals surface area contributed by atoms with Crippen LogP contribution in [0.2, 0.25) is 0 Å². The van der Waals surface area contributed by atoms with Crippen LogP contribution in [-0.2, 0) is 16.5 Å². The van der Waals surface area contributed by atoms with E-state index in [-0.39, 0.29) is 12.1 Å². The Morgan fingerprint density at radius 2 is 2.00 bits per heavy atom. The van der Waals surface area contributed by atoms with Crippen LogP contribution in [0.15, 0.2) is 35.6 Å². The zero-order valence-corrected chi connectivity index (χ0v) is 14.3. The summed E-state index contributed by atoms with van der Waals surface area (Å²) in [7, 11) is 1.63. The summed E-state index contributed by atoms with van der Waals surface area (Å²) in [6.45, 7) is 5.11. The molecule has 0 aromatic carbocycles.